The van der Waals surface area contributed by atoms with Crippen molar-refractivity contribution in [2.75, 3.05) is 29.9 Å². The fourth-order valence-electron chi connectivity index (χ4n) is 3.30. The summed E-state index contributed by atoms with van der Waals surface area (Å²) in [6, 6.07) is 6.61. The van der Waals surface area contributed by atoms with Crippen molar-refractivity contribution in [2.24, 2.45) is 0 Å². The van der Waals surface area contributed by atoms with E-state index in [0.29, 0.717) is 11.7 Å². The molecule has 1 heterocycles. The highest BCUT2D eigenvalue weighted by atomic mass is 32.2. The van der Waals surface area contributed by atoms with Gasteiger partial charge in [-0.05, 0) is 69.3 Å². The summed E-state index contributed by atoms with van der Waals surface area (Å²) in [5.74, 6) is 0.128. The molecule has 5 nitrogen and oxygen atoms in total. The van der Waals surface area contributed by atoms with Crippen molar-refractivity contribution in [3.05, 3.63) is 23.8 Å². The molecular weight excluding hydrogens is 358 g/mol. The van der Waals surface area contributed by atoms with Gasteiger partial charge in [0.15, 0.2) is 0 Å². The van der Waals surface area contributed by atoms with Crippen LogP contribution in [0.4, 0.5) is 11.4 Å². The van der Waals surface area contributed by atoms with Gasteiger partial charge in [0.1, 0.15) is 0 Å². The molecule has 1 aliphatic heterocycles. The van der Waals surface area contributed by atoms with Gasteiger partial charge in [-0.2, -0.15) is 0 Å². The molecule has 152 valence electrons. The van der Waals surface area contributed by atoms with E-state index < -0.39 is 0 Å². The Labute approximate surface area is 168 Å². The van der Waals surface area contributed by atoms with Crippen LogP contribution < -0.4 is 14.9 Å². The molecule has 0 aromatic heterocycles. The van der Waals surface area contributed by atoms with E-state index in [2.05, 4.69) is 67.8 Å². The Morgan fingerprint density at radius 3 is 2.59 bits per heavy atom. The number of hydrogen-bond donors (Lipinski definition) is 2. The maximum Gasteiger partial charge on any atom is 0.229 e. The lowest BCUT2D eigenvalue weighted by Crippen LogP contribution is -2.45. The summed E-state index contributed by atoms with van der Waals surface area (Å²) < 4.78 is 8.71. The van der Waals surface area contributed by atoms with Crippen LogP contribution in [0.2, 0.25) is 0 Å². The zero-order chi connectivity index (χ0) is 19.8. The van der Waals surface area contributed by atoms with Crippen LogP contribution in [0, 0.1) is 6.92 Å². The molecule has 0 bridgehead atoms. The summed E-state index contributed by atoms with van der Waals surface area (Å²) in [7, 11) is 0. The Morgan fingerprint density at radius 1 is 1.26 bits per heavy atom. The normalized spacial score (nSPS) is 20.0. The number of carbonyl (C=O) groups is 1. The molecule has 1 fully saturated rings. The third-order valence-electron chi connectivity index (χ3n) is 4.55. The van der Waals surface area contributed by atoms with Crippen LogP contribution in [0.3, 0.4) is 0 Å². The van der Waals surface area contributed by atoms with E-state index in [1.54, 1.807) is 0 Å². The first kappa shape index (κ1) is 21.9. The van der Waals surface area contributed by atoms with Crippen molar-refractivity contribution in [1.29, 1.82) is 0 Å². The van der Waals surface area contributed by atoms with Crippen molar-refractivity contribution in [3.63, 3.8) is 0 Å². The molecule has 6 heteroatoms. The van der Waals surface area contributed by atoms with Gasteiger partial charge in [0.05, 0.1) is 12.2 Å². The number of nitrogens with zero attached hydrogens (tertiary/aromatic N) is 1. The largest absolute Gasteiger partial charge is 0.385 e. The summed E-state index contributed by atoms with van der Waals surface area (Å²) in [6.07, 6.45) is 3.01. The van der Waals surface area contributed by atoms with E-state index in [0.717, 1.165) is 32.5 Å². The topological polar surface area (TPSA) is 53.6 Å². The summed E-state index contributed by atoms with van der Waals surface area (Å²) in [5, 5.41) is 3.93. The SMILES string of the molecule is Cc1cc(N2C[C@@H](C)O[C@@H](C)C2)ccc1NCCCCC(=O)NSC(C)C. The first-order valence-corrected chi connectivity index (χ1v) is 10.9. The minimum absolute atomic E-state index is 0.128. The summed E-state index contributed by atoms with van der Waals surface area (Å²) in [6.45, 7) is 13.3. The third kappa shape index (κ3) is 7.62. The maximum absolute atomic E-state index is 11.7. The van der Waals surface area contributed by atoms with Crippen LogP contribution >= 0.6 is 11.9 Å². The highest BCUT2D eigenvalue weighted by molar-refractivity contribution is 7.98. The van der Waals surface area contributed by atoms with Crippen LogP contribution in [0.25, 0.3) is 0 Å². The smallest absolute Gasteiger partial charge is 0.229 e. The van der Waals surface area contributed by atoms with Gasteiger partial charge in [0.25, 0.3) is 0 Å². The van der Waals surface area contributed by atoms with Gasteiger partial charge in [0, 0.05) is 42.7 Å². The van der Waals surface area contributed by atoms with Gasteiger partial charge in [0.2, 0.25) is 5.91 Å². The van der Waals surface area contributed by atoms with Crippen molar-refractivity contribution in [1.82, 2.24) is 4.72 Å². The summed E-state index contributed by atoms with van der Waals surface area (Å²) in [4.78, 5) is 14.1. The number of aryl methyl sites for hydroxylation is 1. The van der Waals surface area contributed by atoms with E-state index in [1.807, 2.05) is 0 Å². The summed E-state index contributed by atoms with van der Waals surface area (Å²) in [5.41, 5.74) is 3.69. The number of hydrogen-bond acceptors (Lipinski definition) is 5. The van der Waals surface area contributed by atoms with Crippen LogP contribution in [-0.4, -0.2) is 43.0 Å². The van der Waals surface area contributed by atoms with Crippen LogP contribution in [0.15, 0.2) is 18.2 Å². The fourth-order valence-corrected chi connectivity index (χ4v) is 3.77. The molecule has 1 aromatic carbocycles. The lowest BCUT2D eigenvalue weighted by molar-refractivity contribution is -0.119. The molecule has 1 saturated heterocycles. The van der Waals surface area contributed by atoms with Gasteiger partial charge >= 0.3 is 0 Å². The monoisotopic (exact) mass is 393 g/mol. The molecule has 1 aliphatic rings. The molecule has 0 saturated carbocycles. The number of nitrogens with one attached hydrogen (secondary N) is 2. The highest BCUT2D eigenvalue weighted by Crippen LogP contribution is 2.25. The maximum atomic E-state index is 11.7. The zero-order valence-corrected chi connectivity index (χ0v) is 18.2. The van der Waals surface area contributed by atoms with Gasteiger partial charge in [-0.1, -0.05) is 13.8 Å². The van der Waals surface area contributed by atoms with Crippen molar-refractivity contribution in [3.8, 4) is 0 Å². The number of ether oxygens (including phenoxy) is 1. The molecule has 0 aliphatic carbocycles. The van der Waals surface area contributed by atoms with Crippen molar-refractivity contribution >= 4 is 29.2 Å². The Balaban J connectivity index is 1.74. The average Bonchev–Trinajstić information content (AvgIpc) is 2.60. The van der Waals surface area contributed by atoms with Gasteiger partial charge in [-0.25, -0.2) is 0 Å². The van der Waals surface area contributed by atoms with Gasteiger partial charge < -0.3 is 15.0 Å². The molecule has 2 rings (SSSR count). The predicted molar refractivity (Wildman–Crippen MR) is 117 cm³/mol. The Kier molecular flexibility index (Phi) is 8.77. The fraction of sp³-hybridized carbons (Fsp3) is 0.667. The molecule has 0 spiro atoms. The molecule has 27 heavy (non-hydrogen) atoms. The van der Waals surface area contributed by atoms with Crippen LogP contribution in [0.5, 0.6) is 0 Å². The molecule has 1 aromatic rings. The molecule has 2 N–H and O–H groups in total. The standard InChI is InChI=1S/C21H35N3O2S/c1-15(2)27-23-21(25)8-6-7-11-22-20-10-9-19(12-16(20)3)24-13-17(4)26-18(5)14-24/h9-10,12,15,17-18,22H,6-8,11,13-14H2,1-5H3,(H,23,25)/t17-,18+. The first-order chi connectivity index (χ1) is 12.8. The second-order valence-corrected chi connectivity index (χ2v) is 9.12. The Bertz CT molecular complexity index is 599. The van der Waals surface area contributed by atoms with Crippen molar-refractivity contribution in [2.45, 2.75) is 71.3 Å². The number of benzene rings is 1. The number of amides is 1. The first-order valence-electron chi connectivity index (χ1n) is 10.0. The minimum atomic E-state index is 0.128. The molecular formula is C21H35N3O2S. The predicted octanol–water partition coefficient (Wildman–Crippen LogP) is 4.36. The molecule has 0 unspecified atom stereocenters. The van der Waals surface area contributed by atoms with E-state index in [9.17, 15) is 4.79 Å². The van der Waals surface area contributed by atoms with E-state index in [-0.39, 0.29) is 18.1 Å². The lowest BCUT2D eigenvalue weighted by atomic mass is 10.1. The van der Waals surface area contributed by atoms with Crippen LogP contribution in [0.1, 0.15) is 52.5 Å². The number of carbonyl (C=O) groups excluding carboxylic acids is 1. The van der Waals surface area contributed by atoms with Crippen LogP contribution in [-0.2, 0) is 9.53 Å². The number of unbranched alkanes of at least 4 members (excludes halogenated alkanes) is 1. The second-order valence-electron chi connectivity index (χ2n) is 7.74. The number of morpholine rings is 1. The third-order valence-corrected chi connectivity index (χ3v) is 5.37. The Morgan fingerprint density at radius 2 is 1.96 bits per heavy atom. The molecule has 2 atom stereocenters. The van der Waals surface area contributed by atoms with Gasteiger partial charge in [-0.15, -0.1) is 0 Å². The average molecular weight is 394 g/mol. The van der Waals surface area contributed by atoms with Gasteiger partial charge in [-0.3, -0.25) is 9.52 Å². The highest BCUT2D eigenvalue weighted by Gasteiger charge is 2.22. The zero-order valence-electron chi connectivity index (χ0n) is 17.4. The minimum Gasteiger partial charge on any atom is -0.385 e. The molecule has 0 radical (unpaired) electrons. The number of anilines is 2. The summed E-state index contributed by atoms with van der Waals surface area (Å²) >= 11 is 1.49. The van der Waals surface area contributed by atoms with Crippen molar-refractivity contribution < 1.29 is 9.53 Å². The quantitative estimate of drug-likeness (QED) is 0.482. The van der Waals surface area contributed by atoms with E-state index in [1.165, 1.54) is 28.9 Å². The second kappa shape index (κ2) is 10.8. The lowest BCUT2D eigenvalue weighted by Gasteiger charge is -2.37. The van der Waals surface area contributed by atoms with E-state index >= 15 is 0 Å². The van der Waals surface area contributed by atoms with E-state index in [4.69, 9.17) is 4.74 Å². The Hall–Kier alpha value is -1.40. The number of rotatable bonds is 9. The molecule has 1 amide bonds.